The maximum absolute atomic E-state index is 12.3. The molecule has 1 N–H and O–H groups in total. The van der Waals surface area contributed by atoms with Crippen molar-refractivity contribution in [2.24, 2.45) is 0 Å². The molecule has 1 atom stereocenters. The molecular formula is C15H23NO3. The van der Waals surface area contributed by atoms with Crippen LogP contribution in [0, 0.1) is 0 Å². The number of amides is 1. The number of carbonyl (C=O) groups excluding carboxylic acids is 1. The molecule has 0 radical (unpaired) electrons. The van der Waals surface area contributed by atoms with Gasteiger partial charge in [0, 0.05) is 12.1 Å². The number of nitrogens with zero attached hydrogens (tertiary/aromatic N) is 1. The molecule has 0 fully saturated rings. The summed E-state index contributed by atoms with van der Waals surface area (Å²) in [6.45, 7) is 9.71. The lowest BCUT2D eigenvalue weighted by Crippen LogP contribution is -2.47. The second-order valence-corrected chi connectivity index (χ2v) is 5.19. The minimum Gasteiger partial charge on any atom is -0.508 e. The van der Waals surface area contributed by atoms with E-state index in [0.29, 0.717) is 5.75 Å². The first kappa shape index (κ1) is 15.3. The van der Waals surface area contributed by atoms with Gasteiger partial charge in [-0.3, -0.25) is 4.79 Å². The molecule has 1 rings (SSSR count). The summed E-state index contributed by atoms with van der Waals surface area (Å²) in [6.07, 6.45) is -0.547. The fourth-order valence-electron chi connectivity index (χ4n) is 2.09. The first-order valence-corrected chi connectivity index (χ1v) is 6.60. The molecule has 0 aliphatic rings. The molecule has 1 unspecified atom stereocenters. The van der Waals surface area contributed by atoms with Crippen molar-refractivity contribution in [3.05, 3.63) is 24.3 Å². The molecule has 0 heterocycles. The summed E-state index contributed by atoms with van der Waals surface area (Å²) in [6, 6.07) is 6.64. The van der Waals surface area contributed by atoms with Gasteiger partial charge in [-0.15, -0.1) is 0 Å². The molecule has 0 saturated carbocycles. The van der Waals surface area contributed by atoms with Crippen molar-refractivity contribution in [1.82, 2.24) is 4.90 Å². The third-order valence-electron chi connectivity index (χ3n) is 2.86. The third-order valence-corrected chi connectivity index (χ3v) is 2.86. The molecule has 4 heteroatoms. The summed E-state index contributed by atoms with van der Waals surface area (Å²) in [5.41, 5.74) is 0. The van der Waals surface area contributed by atoms with Gasteiger partial charge in [0.25, 0.3) is 5.91 Å². The van der Waals surface area contributed by atoms with Gasteiger partial charge in [0.15, 0.2) is 6.10 Å². The van der Waals surface area contributed by atoms with Crippen LogP contribution in [-0.2, 0) is 4.79 Å². The molecule has 1 aromatic rings. The summed E-state index contributed by atoms with van der Waals surface area (Å²) < 4.78 is 5.61. The number of ether oxygens (including phenoxy) is 1. The van der Waals surface area contributed by atoms with Gasteiger partial charge in [-0.1, -0.05) is 0 Å². The number of phenolic OH excluding ortho intramolecular Hbond substituents is 1. The van der Waals surface area contributed by atoms with E-state index in [2.05, 4.69) is 0 Å². The van der Waals surface area contributed by atoms with E-state index in [-0.39, 0.29) is 23.7 Å². The Morgan fingerprint density at radius 3 is 1.95 bits per heavy atom. The number of aromatic hydroxyl groups is 1. The monoisotopic (exact) mass is 265 g/mol. The fraction of sp³-hybridized carbons (Fsp3) is 0.533. The van der Waals surface area contributed by atoms with E-state index >= 15 is 0 Å². The molecule has 0 saturated heterocycles. The van der Waals surface area contributed by atoms with Gasteiger partial charge in [0.2, 0.25) is 0 Å². The maximum Gasteiger partial charge on any atom is 0.263 e. The predicted molar refractivity (Wildman–Crippen MR) is 75.3 cm³/mol. The van der Waals surface area contributed by atoms with E-state index in [9.17, 15) is 9.90 Å². The zero-order valence-electron chi connectivity index (χ0n) is 12.3. The highest BCUT2D eigenvalue weighted by Gasteiger charge is 2.26. The smallest absolute Gasteiger partial charge is 0.263 e. The largest absolute Gasteiger partial charge is 0.508 e. The molecule has 1 amide bonds. The molecule has 19 heavy (non-hydrogen) atoms. The number of hydrogen-bond donors (Lipinski definition) is 1. The molecule has 106 valence electrons. The van der Waals surface area contributed by atoms with E-state index in [0.717, 1.165) is 0 Å². The normalized spacial score (nSPS) is 12.6. The van der Waals surface area contributed by atoms with Gasteiger partial charge in [0.05, 0.1) is 0 Å². The SMILES string of the molecule is CC(Oc1ccc(O)cc1)C(=O)N(C(C)C)C(C)C. The van der Waals surface area contributed by atoms with Gasteiger partial charge in [-0.25, -0.2) is 0 Å². The Kier molecular flexibility index (Phi) is 5.21. The Bertz CT molecular complexity index is 404. The highest BCUT2D eigenvalue weighted by Crippen LogP contribution is 2.18. The Morgan fingerprint density at radius 1 is 1.05 bits per heavy atom. The summed E-state index contributed by atoms with van der Waals surface area (Å²) in [5, 5.41) is 9.20. The minimum absolute atomic E-state index is 0.0296. The van der Waals surface area contributed by atoms with Gasteiger partial charge < -0.3 is 14.7 Å². The van der Waals surface area contributed by atoms with Crippen molar-refractivity contribution in [3.8, 4) is 11.5 Å². The van der Waals surface area contributed by atoms with Crippen LogP contribution in [0.3, 0.4) is 0 Å². The molecule has 0 aliphatic heterocycles. The van der Waals surface area contributed by atoms with Crippen LogP contribution in [0.5, 0.6) is 11.5 Å². The first-order chi connectivity index (χ1) is 8.82. The van der Waals surface area contributed by atoms with E-state index in [1.165, 1.54) is 12.1 Å². The molecule has 0 spiro atoms. The molecule has 1 aromatic carbocycles. The molecular weight excluding hydrogens is 242 g/mol. The van der Waals surface area contributed by atoms with Crippen molar-refractivity contribution in [3.63, 3.8) is 0 Å². The second kappa shape index (κ2) is 6.45. The zero-order chi connectivity index (χ0) is 14.6. The van der Waals surface area contributed by atoms with Crippen LogP contribution >= 0.6 is 0 Å². The van der Waals surface area contributed by atoms with Crippen molar-refractivity contribution in [2.45, 2.75) is 52.8 Å². The molecule has 0 bridgehead atoms. The maximum atomic E-state index is 12.3. The summed E-state index contributed by atoms with van der Waals surface area (Å²) >= 11 is 0. The standard InChI is InChI=1S/C15H23NO3/c1-10(2)16(11(3)4)15(18)12(5)19-14-8-6-13(17)7-9-14/h6-12,17H,1-5H3. The van der Waals surface area contributed by atoms with Crippen LogP contribution < -0.4 is 4.74 Å². The van der Waals surface area contributed by atoms with Gasteiger partial charge in [-0.05, 0) is 58.9 Å². The fourth-order valence-corrected chi connectivity index (χ4v) is 2.09. The van der Waals surface area contributed by atoms with Gasteiger partial charge in [0.1, 0.15) is 11.5 Å². The Morgan fingerprint density at radius 2 is 1.53 bits per heavy atom. The summed E-state index contributed by atoms with van der Waals surface area (Å²) in [7, 11) is 0. The quantitative estimate of drug-likeness (QED) is 0.890. The number of phenols is 1. The van der Waals surface area contributed by atoms with Gasteiger partial charge >= 0.3 is 0 Å². The van der Waals surface area contributed by atoms with Crippen LogP contribution in [0.4, 0.5) is 0 Å². The minimum atomic E-state index is -0.547. The number of hydrogen-bond acceptors (Lipinski definition) is 3. The number of carbonyl (C=O) groups is 1. The highest BCUT2D eigenvalue weighted by molar-refractivity contribution is 5.81. The van der Waals surface area contributed by atoms with Crippen LogP contribution in [0.25, 0.3) is 0 Å². The zero-order valence-corrected chi connectivity index (χ0v) is 12.3. The van der Waals surface area contributed by atoms with E-state index in [1.807, 2.05) is 32.6 Å². The topological polar surface area (TPSA) is 49.8 Å². The average Bonchev–Trinajstić information content (AvgIpc) is 2.31. The average molecular weight is 265 g/mol. The number of rotatable bonds is 5. The first-order valence-electron chi connectivity index (χ1n) is 6.60. The van der Waals surface area contributed by atoms with Crippen molar-refractivity contribution >= 4 is 5.91 Å². The van der Waals surface area contributed by atoms with Crippen LogP contribution in [0.15, 0.2) is 24.3 Å². The van der Waals surface area contributed by atoms with Crippen molar-refractivity contribution < 1.29 is 14.6 Å². The Labute approximate surface area is 115 Å². The highest BCUT2D eigenvalue weighted by atomic mass is 16.5. The van der Waals surface area contributed by atoms with E-state index in [1.54, 1.807) is 19.1 Å². The lowest BCUT2D eigenvalue weighted by atomic mass is 10.2. The number of benzene rings is 1. The summed E-state index contributed by atoms with van der Waals surface area (Å²) in [5.74, 6) is 0.724. The van der Waals surface area contributed by atoms with Crippen LogP contribution in [-0.4, -0.2) is 34.1 Å². The molecule has 0 aromatic heterocycles. The lowest BCUT2D eigenvalue weighted by molar-refractivity contribution is -0.141. The second-order valence-electron chi connectivity index (χ2n) is 5.19. The molecule has 4 nitrogen and oxygen atoms in total. The van der Waals surface area contributed by atoms with E-state index in [4.69, 9.17) is 4.74 Å². The van der Waals surface area contributed by atoms with Crippen LogP contribution in [0.1, 0.15) is 34.6 Å². The van der Waals surface area contributed by atoms with Crippen molar-refractivity contribution in [1.29, 1.82) is 0 Å². The third kappa shape index (κ3) is 4.16. The summed E-state index contributed by atoms with van der Waals surface area (Å²) in [4.78, 5) is 14.2. The Hall–Kier alpha value is -1.71. The lowest BCUT2D eigenvalue weighted by Gasteiger charge is -2.33. The van der Waals surface area contributed by atoms with Gasteiger partial charge in [-0.2, -0.15) is 0 Å². The molecule has 0 aliphatic carbocycles. The van der Waals surface area contributed by atoms with Crippen LogP contribution in [0.2, 0.25) is 0 Å². The van der Waals surface area contributed by atoms with E-state index < -0.39 is 6.10 Å². The predicted octanol–water partition coefficient (Wildman–Crippen LogP) is 2.80. The Balaban J connectivity index is 2.73. The van der Waals surface area contributed by atoms with Crippen molar-refractivity contribution in [2.75, 3.05) is 0 Å².